The second-order valence-electron chi connectivity index (χ2n) is 5.28. The minimum atomic E-state index is -0.473. The van der Waals surface area contributed by atoms with E-state index in [1.165, 1.54) is 11.3 Å². The number of nitrogens with zero attached hydrogens (tertiary/aromatic N) is 3. The second-order valence-corrected chi connectivity index (χ2v) is 6.28. The predicted octanol–water partition coefficient (Wildman–Crippen LogP) is 2.30. The molecule has 2 rings (SSSR count). The Labute approximate surface area is 133 Å². The van der Waals surface area contributed by atoms with Gasteiger partial charge in [-0.15, -0.1) is 11.3 Å². The van der Waals surface area contributed by atoms with Crippen LogP contribution >= 0.6 is 11.3 Å². The Morgan fingerprint density at radius 2 is 2.09 bits per heavy atom. The molecule has 0 spiro atoms. The third kappa shape index (κ3) is 3.20. The minimum absolute atomic E-state index is 0.329. The summed E-state index contributed by atoms with van der Waals surface area (Å²) < 4.78 is 5.10. The summed E-state index contributed by atoms with van der Waals surface area (Å²) >= 11 is 1.32. The number of thiophene rings is 1. The summed E-state index contributed by atoms with van der Waals surface area (Å²) in [4.78, 5) is 24.2. The first-order valence-corrected chi connectivity index (χ1v) is 8.00. The summed E-state index contributed by atoms with van der Waals surface area (Å²) in [5.74, 6) is 1.04. The van der Waals surface area contributed by atoms with Gasteiger partial charge in [-0.2, -0.15) is 0 Å². The fourth-order valence-electron chi connectivity index (χ4n) is 2.37. The van der Waals surface area contributed by atoms with Crippen LogP contribution in [0.3, 0.4) is 0 Å². The molecule has 7 heteroatoms. The van der Waals surface area contributed by atoms with Crippen molar-refractivity contribution < 1.29 is 14.6 Å². The molecule has 120 valence electrons. The Balaban J connectivity index is 2.59. The minimum Gasteiger partial charge on any atom is -0.462 e. The van der Waals surface area contributed by atoms with E-state index in [2.05, 4.69) is 9.97 Å². The maximum absolute atomic E-state index is 12.1. The molecule has 0 aromatic carbocycles. The fourth-order valence-corrected chi connectivity index (χ4v) is 3.49. The van der Waals surface area contributed by atoms with Crippen LogP contribution in [0.2, 0.25) is 0 Å². The molecule has 0 amide bonds. The Morgan fingerprint density at radius 3 is 2.68 bits per heavy atom. The largest absolute Gasteiger partial charge is 0.462 e. The molecule has 2 aromatic rings. The van der Waals surface area contributed by atoms with Crippen LogP contribution in [0.1, 0.15) is 34.9 Å². The Hall–Kier alpha value is -1.73. The van der Waals surface area contributed by atoms with Crippen LogP contribution in [-0.4, -0.2) is 47.3 Å². The number of esters is 1. The van der Waals surface area contributed by atoms with E-state index in [0.717, 1.165) is 21.6 Å². The van der Waals surface area contributed by atoms with Crippen molar-refractivity contribution in [2.45, 2.75) is 33.8 Å². The molecule has 0 fully saturated rings. The zero-order chi connectivity index (χ0) is 16.4. The smallest absolute Gasteiger partial charge is 0.348 e. The molecule has 2 heterocycles. The third-order valence-corrected chi connectivity index (χ3v) is 4.41. The average Bonchev–Trinajstić information content (AvgIpc) is 2.74. The Kier molecular flexibility index (Phi) is 4.97. The molecule has 0 aliphatic carbocycles. The number of carbonyl (C=O) groups is 1. The summed E-state index contributed by atoms with van der Waals surface area (Å²) in [6, 6.07) is 0. The molecular formula is C15H21N3O3S. The number of anilines is 1. The number of hydrogen-bond donors (Lipinski definition) is 1. The second kappa shape index (κ2) is 6.58. The van der Waals surface area contributed by atoms with Gasteiger partial charge in [0.25, 0.3) is 0 Å². The number of aromatic nitrogens is 2. The summed E-state index contributed by atoms with van der Waals surface area (Å²) in [5, 5.41) is 10.5. The fraction of sp³-hybridized carbons (Fsp3) is 0.533. The topological polar surface area (TPSA) is 75.5 Å². The highest BCUT2D eigenvalue weighted by atomic mass is 32.1. The van der Waals surface area contributed by atoms with E-state index in [-0.39, 0.29) is 5.97 Å². The normalized spacial score (nSPS) is 12.5. The van der Waals surface area contributed by atoms with Gasteiger partial charge in [0.2, 0.25) is 0 Å². The average molecular weight is 323 g/mol. The predicted molar refractivity (Wildman–Crippen MR) is 87.8 cm³/mol. The van der Waals surface area contributed by atoms with E-state index in [4.69, 9.17) is 4.74 Å². The lowest BCUT2D eigenvalue weighted by Gasteiger charge is -2.21. The molecule has 1 atom stereocenters. The number of hydrogen-bond acceptors (Lipinski definition) is 7. The molecule has 0 saturated carbocycles. The highest BCUT2D eigenvalue weighted by Gasteiger charge is 2.22. The lowest BCUT2D eigenvalue weighted by atomic mass is 10.2. The Bertz CT molecular complexity index is 697. The number of aryl methyl sites for hydroxylation is 2. The van der Waals surface area contributed by atoms with Crippen molar-refractivity contribution in [2.75, 3.05) is 25.1 Å². The molecule has 2 aromatic heterocycles. The van der Waals surface area contributed by atoms with Crippen LogP contribution in [-0.2, 0) is 4.74 Å². The molecule has 0 aliphatic heterocycles. The maximum atomic E-state index is 12.1. The number of aliphatic hydroxyl groups is 1. The quantitative estimate of drug-likeness (QED) is 0.851. The van der Waals surface area contributed by atoms with Crippen molar-refractivity contribution in [1.82, 2.24) is 9.97 Å². The van der Waals surface area contributed by atoms with Crippen LogP contribution in [0, 0.1) is 13.8 Å². The first-order chi connectivity index (χ1) is 10.3. The maximum Gasteiger partial charge on any atom is 0.348 e. The zero-order valence-electron chi connectivity index (χ0n) is 13.5. The van der Waals surface area contributed by atoms with Gasteiger partial charge in [-0.25, -0.2) is 14.8 Å². The standard InChI is InChI=1S/C15H21N3O3S/c1-6-21-15(20)12-9(3)11-13(18(5)7-8(2)19)16-10(4)17-14(11)22-12/h8,19H,6-7H2,1-5H3. The van der Waals surface area contributed by atoms with Gasteiger partial charge in [-0.1, -0.05) is 0 Å². The summed E-state index contributed by atoms with van der Waals surface area (Å²) in [6.45, 7) is 8.00. The van der Waals surface area contributed by atoms with Gasteiger partial charge in [0, 0.05) is 13.6 Å². The van der Waals surface area contributed by atoms with E-state index in [9.17, 15) is 9.90 Å². The van der Waals surface area contributed by atoms with Gasteiger partial charge in [-0.3, -0.25) is 0 Å². The van der Waals surface area contributed by atoms with Gasteiger partial charge in [0.15, 0.2) is 0 Å². The van der Waals surface area contributed by atoms with Crippen molar-refractivity contribution >= 4 is 33.3 Å². The van der Waals surface area contributed by atoms with Gasteiger partial charge >= 0.3 is 5.97 Å². The molecule has 1 unspecified atom stereocenters. The number of ether oxygens (including phenoxy) is 1. The van der Waals surface area contributed by atoms with Crippen LogP contribution in [0.25, 0.3) is 10.2 Å². The van der Waals surface area contributed by atoms with Crippen molar-refractivity contribution in [3.8, 4) is 0 Å². The van der Waals surface area contributed by atoms with Crippen LogP contribution in [0.4, 0.5) is 5.82 Å². The molecule has 0 saturated heterocycles. The zero-order valence-corrected chi connectivity index (χ0v) is 14.3. The lowest BCUT2D eigenvalue weighted by molar-refractivity contribution is 0.0531. The first-order valence-electron chi connectivity index (χ1n) is 7.19. The number of aliphatic hydroxyl groups excluding tert-OH is 1. The highest BCUT2D eigenvalue weighted by molar-refractivity contribution is 7.20. The van der Waals surface area contributed by atoms with Gasteiger partial charge in [0.1, 0.15) is 21.3 Å². The molecular weight excluding hydrogens is 302 g/mol. The van der Waals surface area contributed by atoms with E-state index < -0.39 is 6.10 Å². The number of fused-ring (bicyclic) bond motifs is 1. The SMILES string of the molecule is CCOC(=O)c1sc2nc(C)nc(N(C)CC(C)O)c2c1C. The summed E-state index contributed by atoms with van der Waals surface area (Å²) in [7, 11) is 1.87. The van der Waals surface area contributed by atoms with Gasteiger partial charge in [-0.05, 0) is 33.3 Å². The van der Waals surface area contributed by atoms with Crippen LogP contribution < -0.4 is 4.90 Å². The van der Waals surface area contributed by atoms with Gasteiger partial charge in [0.05, 0.1) is 18.1 Å². The molecule has 22 heavy (non-hydrogen) atoms. The molecule has 0 bridgehead atoms. The van der Waals surface area contributed by atoms with Crippen molar-refractivity contribution in [2.24, 2.45) is 0 Å². The van der Waals surface area contributed by atoms with Crippen molar-refractivity contribution in [3.63, 3.8) is 0 Å². The van der Waals surface area contributed by atoms with E-state index in [1.54, 1.807) is 13.8 Å². The summed E-state index contributed by atoms with van der Waals surface area (Å²) in [5.41, 5.74) is 0.825. The Morgan fingerprint density at radius 1 is 1.41 bits per heavy atom. The van der Waals surface area contributed by atoms with Crippen molar-refractivity contribution in [3.05, 3.63) is 16.3 Å². The van der Waals surface area contributed by atoms with Gasteiger partial charge < -0.3 is 14.7 Å². The number of carbonyl (C=O) groups excluding carboxylic acids is 1. The first kappa shape index (κ1) is 16.6. The number of rotatable bonds is 5. The summed E-state index contributed by atoms with van der Waals surface area (Å²) in [6.07, 6.45) is -0.473. The van der Waals surface area contributed by atoms with E-state index >= 15 is 0 Å². The number of likely N-dealkylation sites (N-methyl/N-ethyl adjacent to an activating group) is 1. The molecule has 0 aliphatic rings. The molecule has 6 nitrogen and oxygen atoms in total. The van der Waals surface area contributed by atoms with E-state index in [0.29, 0.717) is 23.9 Å². The lowest BCUT2D eigenvalue weighted by Crippen LogP contribution is -2.28. The monoisotopic (exact) mass is 323 g/mol. The van der Waals surface area contributed by atoms with Crippen LogP contribution in [0.15, 0.2) is 0 Å². The highest BCUT2D eigenvalue weighted by Crippen LogP contribution is 2.35. The van der Waals surface area contributed by atoms with Crippen molar-refractivity contribution in [1.29, 1.82) is 0 Å². The molecule has 0 radical (unpaired) electrons. The van der Waals surface area contributed by atoms with E-state index in [1.807, 2.05) is 25.8 Å². The van der Waals surface area contributed by atoms with Crippen LogP contribution in [0.5, 0.6) is 0 Å². The molecule has 1 N–H and O–H groups in total. The third-order valence-electron chi connectivity index (χ3n) is 3.24.